The van der Waals surface area contributed by atoms with E-state index >= 15 is 0 Å². The van der Waals surface area contributed by atoms with Gasteiger partial charge in [-0.1, -0.05) is 6.07 Å². The molecule has 4 heteroatoms. The highest BCUT2D eigenvalue weighted by atomic mass is 32.1. The molecule has 0 aliphatic rings. The summed E-state index contributed by atoms with van der Waals surface area (Å²) in [5.74, 6) is -0.429. The normalized spacial score (nSPS) is 8.64. The van der Waals surface area contributed by atoms with Crippen LogP contribution in [-0.2, 0) is 4.74 Å². The van der Waals surface area contributed by atoms with Gasteiger partial charge in [-0.3, -0.25) is 0 Å². The fraction of sp³-hybridized carbons (Fsp3) is 0.143. The Morgan fingerprint density at radius 1 is 1.82 bits per heavy atom. The van der Waals surface area contributed by atoms with Crippen molar-refractivity contribution in [2.45, 2.75) is 0 Å². The molecule has 3 nitrogen and oxygen atoms in total. The second-order valence-corrected chi connectivity index (χ2v) is 2.66. The molecule has 0 saturated carbocycles. The Labute approximate surface area is 67.8 Å². The minimum Gasteiger partial charge on any atom is -0.446 e. The van der Waals surface area contributed by atoms with E-state index in [1.54, 1.807) is 23.6 Å². The van der Waals surface area contributed by atoms with Crippen molar-refractivity contribution >= 4 is 17.3 Å². The summed E-state index contributed by atoms with van der Waals surface area (Å²) in [5.41, 5.74) is 0. The Morgan fingerprint density at radius 3 is 3.18 bits per heavy atom. The molecule has 0 bridgehead atoms. The molecule has 0 aliphatic heterocycles. The summed E-state index contributed by atoms with van der Waals surface area (Å²) in [6.07, 6.45) is 0. The number of thiophene rings is 1. The summed E-state index contributed by atoms with van der Waals surface area (Å²) in [6.45, 7) is -0.184. The van der Waals surface area contributed by atoms with E-state index in [-0.39, 0.29) is 6.61 Å². The first-order valence-corrected chi connectivity index (χ1v) is 3.80. The van der Waals surface area contributed by atoms with Gasteiger partial charge in [0.05, 0.1) is 0 Å². The van der Waals surface area contributed by atoms with E-state index in [1.807, 2.05) is 0 Å². The zero-order chi connectivity index (χ0) is 8.10. The number of hydrogen-bond acceptors (Lipinski definition) is 4. The SMILES string of the molecule is N#CCOC(=O)c1cccs1. The highest BCUT2D eigenvalue weighted by Crippen LogP contribution is 2.09. The van der Waals surface area contributed by atoms with Gasteiger partial charge in [-0.25, -0.2) is 4.79 Å². The predicted octanol–water partition coefficient (Wildman–Crippen LogP) is 1.43. The number of carbonyl (C=O) groups is 1. The Morgan fingerprint density at radius 2 is 2.64 bits per heavy atom. The van der Waals surface area contributed by atoms with Gasteiger partial charge in [-0.05, 0) is 11.4 Å². The standard InChI is InChI=1S/C7H5NO2S/c8-3-4-10-7(9)6-2-1-5-11-6/h1-2,5H,4H2. The highest BCUT2D eigenvalue weighted by Gasteiger charge is 2.05. The number of nitriles is 1. The molecule has 0 unspecified atom stereocenters. The van der Waals surface area contributed by atoms with Crippen molar-refractivity contribution < 1.29 is 9.53 Å². The molecule has 0 aliphatic carbocycles. The van der Waals surface area contributed by atoms with E-state index < -0.39 is 5.97 Å². The molecule has 0 fully saturated rings. The van der Waals surface area contributed by atoms with Crippen molar-refractivity contribution in [2.24, 2.45) is 0 Å². The number of rotatable bonds is 2. The van der Waals surface area contributed by atoms with E-state index in [0.717, 1.165) is 0 Å². The predicted molar refractivity (Wildman–Crippen MR) is 40.2 cm³/mol. The van der Waals surface area contributed by atoms with Gasteiger partial charge < -0.3 is 4.74 Å². The molecule has 1 rings (SSSR count). The van der Waals surface area contributed by atoms with Crippen LogP contribution >= 0.6 is 11.3 Å². The lowest BCUT2D eigenvalue weighted by Gasteiger charge is -1.94. The van der Waals surface area contributed by atoms with Gasteiger partial charge in [-0.2, -0.15) is 5.26 Å². The third-order valence-corrected chi connectivity index (χ3v) is 1.84. The summed E-state index contributed by atoms with van der Waals surface area (Å²) in [7, 11) is 0. The Kier molecular flexibility index (Phi) is 2.64. The maximum absolute atomic E-state index is 10.9. The van der Waals surface area contributed by atoms with Crippen molar-refractivity contribution in [3.63, 3.8) is 0 Å². The maximum atomic E-state index is 10.9. The molecular formula is C7H5NO2S. The number of hydrogen-bond donors (Lipinski definition) is 0. The van der Waals surface area contributed by atoms with Crippen LogP contribution in [0, 0.1) is 11.3 Å². The van der Waals surface area contributed by atoms with Crippen molar-refractivity contribution in [1.82, 2.24) is 0 Å². The fourth-order valence-corrected chi connectivity index (χ4v) is 1.18. The van der Waals surface area contributed by atoms with Gasteiger partial charge in [-0.15, -0.1) is 11.3 Å². The molecule has 11 heavy (non-hydrogen) atoms. The number of nitrogens with zero attached hydrogens (tertiary/aromatic N) is 1. The number of carbonyl (C=O) groups excluding carboxylic acids is 1. The molecule has 0 atom stereocenters. The molecule has 1 aromatic heterocycles. The van der Waals surface area contributed by atoms with Crippen LogP contribution in [0.15, 0.2) is 17.5 Å². The van der Waals surface area contributed by atoms with Crippen molar-refractivity contribution in [1.29, 1.82) is 5.26 Å². The molecule has 0 spiro atoms. The van der Waals surface area contributed by atoms with Crippen molar-refractivity contribution in [3.05, 3.63) is 22.4 Å². The van der Waals surface area contributed by atoms with Crippen LogP contribution in [0.3, 0.4) is 0 Å². The average molecular weight is 167 g/mol. The van der Waals surface area contributed by atoms with Crippen LogP contribution in [0.5, 0.6) is 0 Å². The quantitative estimate of drug-likeness (QED) is 0.626. The molecule has 1 aromatic rings. The fourth-order valence-electron chi connectivity index (χ4n) is 0.564. The van der Waals surface area contributed by atoms with E-state index in [2.05, 4.69) is 4.74 Å². The molecule has 1 heterocycles. The zero-order valence-electron chi connectivity index (χ0n) is 5.61. The van der Waals surface area contributed by atoms with Gasteiger partial charge in [0.1, 0.15) is 10.9 Å². The second kappa shape index (κ2) is 3.74. The lowest BCUT2D eigenvalue weighted by Crippen LogP contribution is -2.02. The summed E-state index contributed by atoms with van der Waals surface area (Å²) in [4.78, 5) is 11.4. The van der Waals surface area contributed by atoms with Crippen LogP contribution in [0.1, 0.15) is 9.67 Å². The first-order valence-electron chi connectivity index (χ1n) is 2.92. The summed E-state index contributed by atoms with van der Waals surface area (Å²) in [6, 6.07) is 5.14. The lowest BCUT2D eigenvalue weighted by molar-refractivity contribution is 0.0560. The van der Waals surface area contributed by atoms with E-state index in [1.165, 1.54) is 11.3 Å². The topological polar surface area (TPSA) is 50.1 Å². The third-order valence-electron chi connectivity index (χ3n) is 0.990. The monoisotopic (exact) mass is 167 g/mol. The Bertz CT molecular complexity index is 273. The molecule has 0 N–H and O–H groups in total. The number of ether oxygens (including phenoxy) is 1. The van der Waals surface area contributed by atoms with E-state index in [9.17, 15) is 4.79 Å². The van der Waals surface area contributed by atoms with Gasteiger partial charge in [0, 0.05) is 0 Å². The molecule has 0 saturated heterocycles. The van der Waals surface area contributed by atoms with Crippen LogP contribution in [-0.4, -0.2) is 12.6 Å². The van der Waals surface area contributed by atoms with Gasteiger partial charge in [0.25, 0.3) is 0 Å². The van der Waals surface area contributed by atoms with Crippen LogP contribution in [0.2, 0.25) is 0 Å². The first-order chi connectivity index (χ1) is 5.34. The molecule has 0 aromatic carbocycles. The van der Waals surface area contributed by atoms with Crippen molar-refractivity contribution in [2.75, 3.05) is 6.61 Å². The Balaban J connectivity index is 2.51. The number of esters is 1. The van der Waals surface area contributed by atoms with Crippen molar-refractivity contribution in [3.8, 4) is 6.07 Å². The smallest absolute Gasteiger partial charge is 0.349 e. The van der Waals surface area contributed by atoms with Crippen LogP contribution in [0.4, 0.5) is 0 Å². The largest absolute Gasteiger partial charge is 0.446 e. The third kappa shape index (κ3) is 2.06. The zero-order valence-corrected chi connectivity index (χ0v) is 6.43. The maximum Gasteiger partial charge on any atom is 0.349 e. The van der Waals surface area contributed by atoms with Gasteiger partial charge >= 0.3 is 5.97 Å². The minimum absolute atomic E-state index is 0.184. The highest BCUT2D eigenvalue weighted by molar-refractivity contribution is 7.11. The molecule has 56 valence electrons. The van der Waals surface area contributed by atoms with Crippen LogP contribution < -0.4 is 0 Å². The average Bonchev–Trinajstić information content (AvgIpc) is 2.52. The summed E-state index contributed by atoms with van der Waals surface area (Å²) in [5, 5.41) is 9.87. The molecular weight excluding hydrogens is 162 g/mol. The molecule has 0 radical (unpaired) electrons. The van der Waals surface area contributed by atoms with E-state index in [0.29, 0.717) is 4.88 Å². The Hall–Kier alpha value is -1.34. The summed E-state index contributed by atoms with van der Waals surface area (Å²) >= 11 is 1.30. The van der Waals surface area contributed by atoms with Crippen LogP contribution in [0.25, 0.3) is 0 Å². The van der Waals surface area contributed by atoms with E-state index in [4.69, 9.17) is 5.26 Å². The minimum atomic E-state index is -0.429. The van der Waals surface area contributed by atoms with Gasteiger partial charge in [0.2, 0.25) is 0 Å². The van der Waals surface area contributed by atoms with Gasteiger partial charge in [0.15, 0.2) is 6.61 Å². The first kappa shape index (κ1) is 7.76. The summed E-state index contributed by atoms with van der Waals surface area (Å²) < 4.78 is 4.55. The molecule has 0 amide bonds. The lowest BCUT2D eigenvalue weighted by atomic mass is 10.5. The second-order valence-electron chi connectivity index (χ2n) is 1.71.